The third kappa shape index (κ3) is 7.71. The highest BCUT2D eigenvalue weighted by Gasteiger charge is 2.25. The van der Waals surface area contributed by atoms with E-state index in [9.17, 15) is 4.79 Å². The fourth-order valence-electron chi connectivity index (χ4n) is 3.80. The highest BCUT2D eigenvalue weighted by atomic mass is 127. The van der Waals surface area contributed by atoms with E-state index in [1.807, 2.05) is 18.2 Å². The first-order valence-electron chi connectivity index (χ1n) is 10.8. The number of anilines is 1. The number of guanidine groups is 1. The van der Waals surface area contributed by atoms with Crippen LogP contribution in [0.2, 0.25) is 0 Å². The zero-order chi connectivity index (χ0) is 21.3. The molecule has 2 aliphatic heterocycles. The first-order chi connectivity index (χ1) is 14.6. The van der Waals surface area contributed by atoms with Gasteiger partial charge >= 0.3 is 0 Å². The molecule has 0 aliphatic carbocycles. The molecule has 1 aromatic carbocycles. The third-order valence-electron chi connectivity index (χ3n) is 5.60. The number of aliphatic imine (C=N–C) groups is 1. The van der Waals surface area contributed by atoms with Crippen molar-refractivity contribution in [2.45, 2.75) is 37.8 Å². The molecule has 2 unspecified atom stereocenters. The van der Waals surface area contributed by atoms with E-state index in [4.69, 9.17) is 9.47 Å². The average Bonchev–Trinajstić information content (AvgIpc) is 3.24. The first kappa shape index (κ1) is 25.5. The second-order valence-corrected chi connectivity index (χ2v) is 8.07. The highest BCUT2D eigenvalue weighted by molar-refractivity contribution is 14.0. The Morgan fingerprint density at radius 3 is 2.81 bits per heavy atom. The van der Waals surface area contributed by atoms with Crippen LogP contribution in [0.25, 0.3) is 0 Å². The standard InChI is InChI=1S/C22H35N5O3.HI/c1-26(2)21(28)15-24-22(23-14-18-8-6-7-13-30-18)25-17-11-12-27(16-17)19-9-4-5-10-20(19)29-3;/h4-5,9-10,17-18H,6-8,11-16H2,1-3H3,(H2,23,24,25);1H. The van der Waals surface area contributed by atoms with Crippen LogP contribution in [0, 0.1) is 0 Å². The molecule has 0 aromatic heterocycles. The first-order valence-corrected chi connectivity index (χ1v) is 10.8. The minimum absolute atomic E-state index is 0. The van der Waals surface area contributed by atoms with Crippen molar-refractivity contribution in [1.29, 1.82) is 0 Å². The normalized spacial score (nSPS) is 21.3. The summed E-state index contributed by atoms with van der Waals surface area (Å²) in [6.45, 7) is 3.43. The Morgan fingerprint density at radius 1 is 1.29 bits per heavy atom. The molecule has 0 bridgehead atoms. The lowest BCUT2D eigenvalue weighted by Gasteiger charge is -2.25. The lowest BCUT2D eigenvalue weighted by atomic mass is 10.1. The van der Waals surface area contributed by atoms with Crippen molar-refractivity contribution in [1.82, 2.24) is 15.5 Å². The maximum Gasteiger partial charge on any atom is 0.243 e. The van der Waals surface area contributed by atoms with E-state index in [0.717, 1.165) is 50.4 Å². The van der Waals surface area contributed by atoms with Gasteiger partial charge in [0.25, 0.3) is 0 Å². The molecular weight excluding hydrogens is 509 g/mol. The number of benzene rings is 1. The molecule has 0 radical (unpaired) electrons. The van der Waals surface area contributed by atoms with Crippen LogP contribution in [0.1, 0.15) is 25.7 Å². The molecule has 9 heteroatoms. The number of hydrogen-bond donors (Lipinski definition) is 2. The van der Waals surface area contributed by atoms with Gasteiger partial charge in [-0.15, -0.1) is 24.0 Å². The summed E-state index contributed by atoms with van der Waals surface area (Å²) >= 11 is 0. The van der Waals surface area contributed by atoms with Crippen molar-refractivity contribution in [3.63, 3.8) is 0 Å². The Bertz CT molecular complexity index is 725. The zero-order valence-corrected chi connectivity index (χ0v) is 21.1. The van der Waals surface area contributed by atoms with Crippen molar-refractivity contribution >= 4 is 41.5 Å². The number of carbonyl (C=O) groups excluding carboxylic acids is 1. The average molecular weight is 545 g/mol. The van der Waals surface area contributed by atoms with Gasteiger partial charge in [-0.25, -0.2) is 4.99 Å². The summed E-state index contributed by atoms with van der Waals surface area (Å²) in [7, 11) is 5.20. The maximum absolute atomic E-state index is 12.0. The van der Waals surface area contributed by atoms with Crippen LogP contribution >= 0.6 is 24.0 Å². The molecular formula is C22H36IN5O3. The molecule has 0 spiro atoms. The predicted octanol–water partition coefficient (Wildman–Crippen LogP) is 2.08. The number of carbonyl (C=O) groups is 1. The molecule has 0 saturated carbocycles. The minimum Gasteiger partial charge on any atom is -0.495 e. The third-order valence-corrected chi connectivity index (χ3v) is 5.60. The number of likely N-dealkylation sites (N-methyl/N-ethyl adjacent to an activating group) is 1. The van der Waals surface area contributed by atoms with E-state index in [0.29, 0.717) is 12.5 Å². The monoisotopic (exact) mass is 545 g/mol. The fourth-order valence-corrected chi connectivity index (χ4v) is 3.80. The molecule has 174 valence electrons. The smallest absolute Gasteiger partial charge is 0.243 e. The Kier molecular flexibility index (Phi) is 10.7. The van der Waals surface area contributed by atoms with Gasteiger partial charge in [-0.05, 0) is 37.8 Å². The second kappa shape index (κ2) is 12.9. The largest absolute Gasteiger partial charge is 0.495 e. The van der Waals surface area contributed by atoms with Gasteiger partial charge in [-0.2, -0.15) is 0 Å². The van der Waals surface area contributed by atoms with Gasteiger partial charge in [0.05, 0.1) is 18.9 Å². The van der Waals surface area contributed by atoms with Gasteiger partial charge in [0.15, 0.2) is 5.96 Å². The maximum atomic E-state index is 12.0. The van der Waals surface area contributed by atoms with Gasteiger partial charge in [0.1, 0.15) is 12.3 Å². The topological polar surface area (TPSA) is 78.4 Å². The van der Waals surface area contributed by atoms with Gasteiger partial charge in [0, 0.05) is 46.4 Å². The number of ether oxygens (including phenoxy) is 2. The second-order valence-electron chi connectivity index (χ2n) is 8.07. The summed E-state index contributed by atoms with van der Waals surface area (Å²) in [5, 5.41) is 6.90. The van der Waals surface area contributed by atoms with E-state index in [2.05, 4.69) is 26.6 Å². The van der Waals surface area contributed by atoms with Crippen molar-refractivity contribution in [2.24, 2.45) is 4.99 Å². The molecule has 2 aliphatic rings. The van der Waals surface area contributed by atoms with Gasteiger partial charge in [-0.3, -0.25) is 4.79 Å². The SMILES string of the molecule is COc1ccccc1N1CCC(NC(=NCC(=O)N(C)C)NCC2CCCCO2)C1.I. The molecule has 2 fully saturated rings. The molecule has 2 heterocycles. The van der Waals surface area contributed by atoms with Gasteiger partial charge in [-0.1, -0.05) is 12.1 Å². The molecule has 1 aromatic rings. The lowest BCUT2D eigenvalue weighted by Crippen LogP contribution is -2.47. The molecule has 2 N–H and O–H groups in total. The van der Waals surface area contributed by atoms with Gasteiger partial charge < -0.3 is 29.9 Å². The van der Waals surface area contributed by atoms with Crippen molar-refractivity contribution in [2.75, 3.05) is 58.9 Å². The molecule has 1 amide bonds. The van der Waals surface area contributed by atoms with Crippen LogP contribution in [0.15, 0.2) is 29.3 Å². The van der Waals surface area contributed by atoms with E-state index < -0.39 is 0 Å². The minimum atomic E-state index is -0.0212. The summed E-state index contributed by atoms with van der Waals surface area (Å²) in [5.41, 5.74) is 1.11. The lowest BCUT2D eigenvalue weighted by molar-refractivity contribution is -0.127. The number of halogens is 1. The quantitative estimate of drug-likeness (QED) is 0.311. The summed E-state index contributed by atoms with van der Waals surface area (Å²) in [6.07, 6.45) is 4.57. The molecule has 3 rings (SSSR count). The van der Waals surface area contributed by atoms with E-state index in [-0.39, 0.29) is 48.6 Å². The molecule has 8 nitrogen and oxygen atoms in total. The van der Waals surface area contributed by atoms with Crippen LogP contribution < -0.4 is 20.3 Å². The van der Waals surface area contributed by atoms with Crippen molar-refractivity contribution < 1.29 is 14.3 Å². The number of methoxy groups -OCH3 is 1. The number of hydrogen-bond acceptors (Lipinski definition) is 5. The van der Waals surface area contributed by atoms with E-state index >= 15 is 0 Å². The number of nitrogens with zero attached hydrogens (tertiary/aromatic N) is 3. The molecule has 2 atom stereocenters. The zero-order valence-electron chi connectivity index (χ0n) is 18.8. The van der Waals surface area contributed by atoms with E-state index in [1.54, 1.807) is 26.1 Å². The Balaban J connectivity index is 0.00000341. The van der Waals surface area contributed by atoms with Crippen molar-refractivity contribution in [3.8, 4) is 5.75 Å². The van der Waals surface area contributed by atoms with Crippen molar-refractivity contribution in [3.05, 3.63) is 24.3 Å². The van der Waals surface area contributed by atoms with Crippen LogP contribution in [-0.2, 0) is 9.53 Å². The Morgan fingerprint density at radius 2 is 2.10 bits per heavy atom. The van der Waals surface area contributed by atoms with Crippen LogP contribution in [0.5, 0.6) is 5.75 Å². The van der Waals surface area contributed by atoms with Gasteiger partial charge in [0.2, 0.25) is 5.91 Å². The van der Waals surface area contributed by atoms with Crippen LogP contribution in [-0.4, -0.2) is 82.9 Å². The summed E-state index contributed by atoms with van der Waals surface area (Å²) < 4.78 is 11.3. The summed E-state index contributed by atoms with van der Waals surface area (Å²) in [4.78, 5) is 20.4. The molecule has 31 heavy (non-hydrogen) atoms. The predicted molar refractivity (Wildman–Crippen MR) is 135 cm³/mol. The molecule has 2 saturated heterocycles. The Labute approximate surface area is 202 Å². The number of para-hydroxylation sites is 2. The number of amides is 1. The number of nitrogens with one attached hydrogen (secondary N) is 2. The fraction of sp³-hybridized carbons (Fsp3) is 0.636. The summed E-state index contributed by atoms with van der Waals surface area (Å²) in [6, 6.07) is 8.33. The van der Waals surface area contributed by atoms with Crippen LogP contribution in [0.3, 0.4) is 0 Å². The van der Waals surface area contributed by atoms with Crippen LogP contribution in [0.4, 0.5) is 5.69 Å². The highest BCUT2D eigenvalue weighted by Crippen LogP contribution is 2.30. The summed E-state index contributed by atoms with van der Waals surface area (Å²) in [5.74, 6) is 1.54. The number of rotatable bonds is 7. The van der Waals surface area contributed by atoms with E-state index in [1.165, 1.54) is 6.42 Å². The Hall–Kier alpha value is -1.75.